The maximum absolute atomic E-state index is 13.2. The number of aromatic amines is 1. The maximum Gasteiger partial charge on any atom is 0.345 e. The predicted octanol–water partition coefficient (Wildman–Crippen LogP) is 7.24. The van der Waals surface area contributed by atoms with Crippen molar-refractivity contribution in [2.75, 3.05) is 7.11 Å². The normalized spacial score (nSPS) is 11.1. The number of esters is 1. The summed E-state index contributed by atoms with van der Waals surface area (Å²) >= 11 is 9.61. The van der Waals surface area contributed by atoms with E-state index in [1.807, 2.05) is 48.5 Å². The minimum Gasteiger partial charge on any atom is -0.493 e. The van der Waals surface area contributed by atoms with Gasteiger partial charge in [-0.05, 0) is 59.7 Å². The summed E-state index contributed by atoms with van der Waals surface area (Å²) in [5.41, 5.74) is 6.37. The van der Waals surface area contributed by atoms with Crippen LogP contribution >= 0.6 is 27.5 Å². The molecule has 5 rings (SSSR count). The van der Waals surface area contributed by atoms with Crippen LogP contribution in [0.2, 0.25) is 5.02 Å². The fraction of sp³-hybridized carbons (Fsp3) is 0.0333. The number of halogens is 2. The van der Waals surface area contributed by atoms with Gasteiger partial charge in [-0.2, -0.15) is 5.10 Å². The summed E-state index contributed by atoms with van der Waals surface area (Å²) in [6, 6.07) is 27.0. The third-order valence-electron chi connectivity index (χ3n) is 5.91. The zero-order chi connectivity index (χ0) is 27.4. The number of nitrogens with zero attached hydrogens (tertiary/aromatic N) is 1. The molecule has 0 fully saturated rings. The van der Waals surface area contributed by atoms with Crippen molar-refractivity contribution in [3.8, 4) is 22.6 Å². The molecule has 0 atom stereocenters. The molecule has 1 aromatic heterocycles. The van der Waals surface area contributed by atoms with Crippen LogP contribution in [-0.4, -0.2) is 30.2 Å². The monoisotopic (exact) mass is 601 g/mol. The summed E-state index contributed by atoms with van der Waals surface area (Å²) in [6.07, 6.45) is 1.47. The van der Waals surface area contributed by atoms with E-state index in [1.165, 1.54) is 13.3 Å². The molecule has 5 aromatic rings. The topological polar surface area (TPSA) is 92.8 Å². The molecule has 0 aliphatic carbocycles. The molecule has 9 heteroatoms. The van der Waals surface area contributed by atoms with Crippen LogP contribution < -0.4 is 14.9 Å². The number of carbonyl (C=O) groups is 2. The molecule has 1 heterocycles. The fourth-order valence-electron chi connectivity index (χ4n) is 4.09. The number of H-pyrrole nitrogens is 1. The summed E-state index contributed by atoms with van der Waals surface area (Å²) in [7, 11) is 1.46. The van der Waals surface area contributed by atoms with E-state index in [0.29, 0.717) is 22.0 Å². The standard InChI is InChI=1S/C30H21BrClN3O4/c1-38-26-15-18(11-14-25(26)39-30(37)21-9-5-6-10-23(21)32)17-33-35-29(36)28-27(19-7-3-2-4-8-19)22-16-20(31)12-13-24(22)34-28/h2-17,34H,1H3,(H,35,36). The molecular formula is C30H21BrClN3O4. The van der Waals surface area contributed by atoms with Crippen LogP contribution in [0.25, 0.3) is 22.0 Å². The lowest BCUT2D eigenvalue weighted by Gasteiger charge is -2.10. The van der Waals surface area contributed by atoms with Crippen molar-refractivity contribution in [1.29, 1.82) is 0 Å². The van der Waals surface area contributed by atoms with Crippen molar-refractivity contribution in [2.45, 2.75) is 0 Å². The van der Waals surface area contributed by atoms with Gasteiger partial charge < -0.3 is 14.5 Å². The molecule has 39 heavy (non-hydrogen) atoms. The molecule has 0 bridgehead atoms. The van der Waals surface area contributed by atoms with E-state index in [0.717, 1.165) is 26.5 Å². The van der Waals surface area contributed by atoms with Gasteiger partial charge in [-0.1, -0.05) is 70.0 Å². The summed E-state index contributed by atoms with van der Waals surface area (Å²) in [5, 5.41) is 5.34. The molecule has 194 valence electrons. The van der Waals surface area contributed by atoms with E-state index in [2.05, 4.69) is 31.4 Å². The summed E-state index contributed by atoms with van der Waals surface area (Å²) in [5.74, 6) is -0.458. The molecule has 0 saturated carbocycles. The van der Waals surface area contributed by atoms with Crippen LogP contribution in [0.1, 0.15) is 26.4 Å². The minimum absolute atomic E-state index is 0.223. The maximum atomic E-state index is 13.2. The number of amides is 1. The van der Waals surface area contributed by atoms with Crippen LogP contribution in [0.3, 0.4) is 0 Å². The lowest BCUT2D eigenvalue weighted by atomic mass is 10.0. The highest BCUT2D eigenvalue weighted by molar-refractivity contribution is 9.10. The number of ether oxygens (including phenoxy) is 2. The third kappa shape index (κ3) is 5.72. The molecule has 2 N–H and O–H groups in total. The Morgan fingerprint density at radius 1 is 0.949 bits per heavy atom. The molecule has 0 unspecified atom stereocenters. The molecule has 0 spiro atoms. The highest BCUT2D eigenvalue weighted by Crippen LogP contribution is 2.34. The molecular weight excluding hydrogens is 582 g/mol. The zero-order valence-electron chi connectivity index (χ0n) is 20.6. The molecule has 0 aliphatic rings. The highest BCUT2D eigenvalue weighted by Gasteiger charge is 2.19. The van der Waals surface area contributed by atoms with Crippen molar-refractivity contribution in [1.82, 2.24) is 10.4 Å². The van der Waals surface area contributed by atoms with Gasteiger partial charge >= 0.3 is 5.97 Å². The van der Waals surface area contributed by atoms with Gasteiger partial charge in [0.25, 0.3) is 5.91 Å². The second kappa shape index (κ2) is 11.6. The van der Waals surface area contributed by atoms with Crippen LogP contribution in [0, 0.1) is 0 Å². The van der Waals surface area contributed by atoms with Crippen molar-refractivity contribution < 1.29 is 19.1 Å². The molecule has 7 nitrogen and oxygen atoms in total. The number of methoxy groups -OCH3 is 1. The Balaban J connectivity index is 1.35. The van der Waals surface area contributed by atoms with E-state index in [9.17, 15) is 9.59 Å². The summed E-state index contributed by atoms with van der Waals surface area (Å²) in [4.78, 5) is 28.9. The predicted molar refractivity (Wildman–Crippen MR) is 156 cm³/mol. The highest BCUT2D eigenvalue weighted by atomic mass is 79.9. The fourth-order valence-corrected chi connectivity index (χ4v) is 4.66. The molecule has 0 aliphatic heterocycles. The van der Waals surface area contributed by atoms with Crippen LogP contribution in [0.15, 0.2) is 101 Å². The number of hydrogen-bond donors (Lipinski definition) is 2. The Labute approximate surface area is 237 Å². The van der Waals surface area contributed by atoms with Crippen LogP contribution in [-0.2, 0) is 0 Å². The molecule has 1 amide bonds. The van der Waals surface area contributed by atoms with Gasteiger partial charge in [-0.25, -0.2) is 10.2 Å². The van der Waals surface area contributed by atoms with Crippen molar-refractivity contribution in [3.05, 3.63) is 117 Å². The number of hydrogen-bond acceptors (Lipinski definition) is 5. The van der Waals surface area contributed by atoms with E-state index in [4.69, 9.17) is 21.1 Å². The number of rotatable bonds is 7. The van der Waals surface area contributed by atoms with E-state index in [1.54, 1.807) is 42.5 Å². The number of nitrogens with one attached hydrogen (secondary N) is 2. The van der Waals surface area contributed by atoms with E-state index >= 15 is 0 Å². The van der Waals surface area contributed by atoms with Crippen LogP contribution in [0.4, 0.5) is 0 Å². The quantitative estimate of drug-likeness (QED) is 0.0889. The number of hydrazone groups is 1. The number of aromatic nitrogens is 1. The minimum atomic E-state index is -0.604. The number of benzene rings is 4. The van der Waals surface area contributed by atoms with Gasteiger partial charge in [0, 0.05) is 20.9 Å². The third-order valence-corrected chi connectivity index (χ3v) is 6.74. The first-order valence-electron chi connectivity index (χ1n) is 11.8. The molecule has 0 radical (unpaired) electrons. The zero-order valence-corrected chi connectivity index (χ0v) is 22.9. The van der Waals surface area contributed by atoms with Crippen LogP contribution in [0.5, 0.6) is 11.5 Å². The Morgan fingerprint density at radius 2 is 1.72 bits per heavy atom. The first-order chi connectivity index (χ1) is 18.9. The molecule has 0 saturated heterocycles. The Hall–Kier alpha value is -4.40. The van der Waals surface area contributed by atoms with Gasteiger partial charge in [0.15, 0.2) is 11.5 Å². The summed E-state index contributed by atoms with van der Waals surface area (Å²) < 4.78 is 11.8. The Kier molecular flexibility index (Phi) is 7.76. The van der Waals surface area contributed by atoms with E-state index in [-0.39, 0.29) is 11.3 Å². The van der Waals surface area contributed by atoms with Gasteiger partial charge in [-0.3, -0.25) is 4.79 Å². The van der Waals surface area contributed by atoms with Crippen molar-refractivity contribution in [3.63, 3.8) is 0 Å². The lowest BCUT2D eigenvalue weighted by Crippen LogP contribution is -2.18. The largest absolute Gasteiger partial charge is 0.493 e. The van der Waals surface area contributed by atoms with Gasteiger partial charge in [0.05, 0.1) is 23.9 Å². The average Bonchev–Trinajstić information content (AvgIpc) is 3.33. The SMILES string of the molecule is COc1cc(C=NNC(=O)c2[nH]c3ccc(Br)cc3c2-c2ccccc2)ccc1OC(=O)c1ccccc1Cl. The first kappa shape index (κ1) is 26.2. The Bertz CT molecular complexity index is 1720. The number of carbonyl (C=O) groups excluding carboxylic acids is 2. The number of fused-ring (bicyclic) bond motifs is 1. The second-order valence-electron chi connectivity index (χ2n) is 8.41. The van der Waals surface area contributed by atoms with Crippen molar-refractivity contribution >= 4 is 56.5 Å². The first-order valence-corrected chi connectivity index (χ1v) is 13.0. The van der Waals surface area contributed by atoms with E-state index < -0.39 is 11.9 Å². The smallest absolute Gasteiger partial charge is 0.345 e. The Morgan fingerprint density at radius 3 is 2.49 bits per heavy atom. The second-order valence-corrected chi connectivity index (χ2v) is 9.73. The molecule has 4 aromatic carbocycles. The van der Waals surface area contributed by atoms with Crippen molar-refractivity contribution in [2.24, 2.45) is 5.10 Å². The lowest BCUT2D eigenvalue weighted by molar-refractivity contribution is 0.0729. The van der Waals surface area contributed by atoms with Gasteiger partial charge in [0.1, 0.15) is 5.69 Å². The van der Waals surface area contributed by atoms with Gasteiger partial charge in [0.2, 0.25) is 0 Å². The average molecular weight is 603 g/mol. The summed E-state index contributed by atoms with van der Waals surface area (Å²) in [6.45, 7) is 0. The van der Waals surface area contributed by atoms with Gasteiger partial charge in [-0.15, -0.1) is 0 Å².